The number of carbonyl (C=O) groups is 2. The highest BCUT2D eigenvalue weighted by Gasteiger charge is 2.60. The molecule has 0 aromatic heterocycles. The number of carboxylic acid groups (broad SMARTS) is 2. The average Bonchev–Trinajstić information content (AvgIpc) is 3.00. The molecule has 0 aliphatic heterocycles. The minimum absolute atomic E-state index is 0.0149. The first-order valence-electron chi connectivity index (χ1n) is 12.9. The fraction of sp³-hybridized carbons (Fsp3) is 0.926. The first-order chi connectivity index (χ1) is 14.5. The monoisotopic (exact) mass is 434 g/mol. The lowest BCUT2D eigenvalue weighted by atomic mass is 9.45. The van der Waals surface area contributed by atoms with Gasteiger partial charge >= 0.3 is 11.9 Å². The van der Waals surface area contributed by atoms with Gasteiger partial charge in [0.05, 0.1) is 6.42 Å². The van der Waals surface area contributed by atoms with Crippen molar-refractivity contribution in [2.45, 2.75) is 105 Å². The number of aliphatic carboxylic acids is 2. The van der Waals surface area contributed by atoms with Gasteiger partial charge in [0, 0.05) is 6.42 Å². The molecule has 3 aliphatic carbocycles. The zero-order valence-electron chi connectivity index (χ0n) is 20.5. The van der Waals surface area contributed by atoms with Gasteiger partial charge in [-0.15, -0.1) is 0 Å². The van der Waals surface area contributed by atoms with Crippen molar-refractivity contribution < 1.29 is 19.8 Å². The van der Waals surface area contributed by atoms with E-state index in [1.54, 1.807) is 0 Å². The summed E-state index contributed by atoms with van der Waals surface area (Å²) < 4.78 is 0. The van der Waals surface area contributed by atoms with E-state index in [-0.39, 0.29) is 18.8 Å². The minimum Gasteiger partial charge on any atom is -0.481 e. The van der Waals surface area contributed by atoms with Crippen LogP contribution in [-0.2, 0) is 9.59 Å². The standard InChI is InChI=1S/C27H46O4/c1-17(2)7-6-8-18(3)21-11-12-22-20-10-9-19(15-24(28)29)27(5,16-25(30)31)23(20)13-14-26(21,22)4/h17-23H,6-16H2,1-5H3,(H,28,29)(H,30,31). The summed E-state index contributed by atoms with van der Waals surface area (Å²) in [5.74, 6) is 2.37. The quantitative estimate of drug-likeness (QED) is 0.415. The Hall–Kier alpha value is -1.06. The Labute approximate surface area is 189 Å². The summed E-state index contributed by atoms with van der Waals surface area (Å²) in [6, 6.07) is 0. The fourth-order valence-corrected chi connectivity index (χ4v) is 8.71. The lowest BCUT2D eigenvalue weighted by molar-refractivity contribution is -0.155. The van der Waals surface area contributed by atoms with Crippen LogP contribution in [0.15, 0.2) is 0 Å². The second kappa shape index (κ2) is 9.43. The molecule has 4 nitrogen and oxygen atoms in total. The van der Waals surface area contributed by atoms with E-state index in [1.165, 1.54) is 38.5 Å². The number of rotatable bonds is 9. The number of hydrogen-bond donors (Lipinski definition) is 2. The third-order valence-corrected chi connectivity index (χ3v) is 10.2. The Morgan fingerprint density at radius 3 is 2.23 bits per heavy atom. The molecule has 0 radical (unpaired) electrons. The number of hydrogen-bond acceptors (Lipinski definition) is 2. The Morgan fingerprint density at radius 2 is 1.61 bits per heavy atom. The summed E-state index contributed by atoms with van der Waals surface area (Å²) in [7, 11) is 0. The molecule has 2 N–H and O–H groups in total. The molecule has 31 heavy (non-hydrogen) atoms. The van der Waals surface area contributed by atoms with E-state index < -0.39 is 17.4 Å². The van der Waals surface area contributed by atoms with Crippen molar-refractivity contribution in [3.05, 3.63) is 0 Å². The lowest BCUT2D eigenvalue weighted by Gasteiger charge is -2.59. The van der Waals surface area contributed by atoms with Gasteiger partial charge < -0.3 is 10.2 Å². The summed E-state index contributed by atoms with van der Waals surface area (Å²) in [5, 5.41) is 19.2. The molecular weight excluding hydrogens is 388 g/mol. The SMILES string of the molecule is CC(C)CCCC(C)C1CCC2C3CCC(CC(=O)O)C(C)(CC(=O)O)C3CCC12C. The molecule has 0 aromatic carbocycles. The maximum atomic E-state index is 11.8. The van der Waals surface area contributed by atoms with Gasteiger partial charge in [-0.25, -0.2) is 0 Å². The van der Waals surface area contributed by atoms with Crippen LogP contribution in [0.3, 0.4) is 0 Å². The molecule has 3 aliphatic rings. The zero-order valence-corrected chi connectivity index (χ0v) is 20.5. The van der Waals surface area contributed by atoms with Crippen LogP contribution in [0.1, 0.15) is 105 Å². The van der Waals surface area contributed by atoms with Crippen molar-refractivity contribution in [3.8, 4) is 0 Å². The van der Waals surface area contributed by atoms with E-state index in [4.69, 9.17) is 0 Å². The fourth-order valence-electron chi connectivity index (χ4n) is 8.71. The van der Waals surface area contributed by atoms with E-state index in [1.807, 2.05) is 0 Å². The van der Waals surface area contributed by atoms with Crippen LogP contribution in [0, 0.1) is 52.3 Å². The number of carboxylic acids is 2. The van der Waals surface area contributed by atoms with Crippen LogP contribution in [0.5, 0.6) is 0 Å². The molecule has 3 fully saturated rings. The van der Waals surface area contributed by atoms with Crippen molar-refractivity contribution in [1.29, 1.82) is 0 Å². The summed E-state index contributed by atoms with van der Waals surface area (Å²) in [6.45, 7) is 11.8. The molecule has 4 heteroatoms. The van der Waals surface area contributed by atoms with Crippen LogP contribution in [0.4, 0.5) is 0 Å². The predicted molar refractivity (Wildman–Crippen MR) is 124 cm³/mol. The molecule has 0 bridgehead atoms. The first-order valence-corrected chi connectivity index (χ1v) is 12.9. The highest BCUT2D eigenvalue weighted by Crippen LogP contribution is 2.67. The molecule has 178 valence electrons. The largest absolute Gasteiger partial charge is 0.481 e. The first kappa shape index (κ1) is 24.6. The Balaban J connectivity index is 1.78. The van der Waals surface area contributed by atoms with Gasteiger partial charge in [0.1, 0.15) is 0 Å². The van der Waals surface area contributed by atoms with Gasteiger partial charge in [-0.2, -0.15) is 0 Å². The topological polar surface area (TPSA) is 74.6 Å². The predicted octanol–water partition coefficient (Wildman–Crippen LogP) is 6.87. The summed E-state index contributed by atoms with van der Waals surface area (Å²) in [4.78, 5) is 23.3. The van der Waals surface area contributed by atoms with Gasteiger partial charge in [-0.05, 0) is 90.8 Å². The molecule has 8 atom stereocenters. The molecular formula is C27H46O4. The maximum Gasteiger partial charge on any atom is 0.303 e. The highest BCUT2D eigenvalue weighted by atomic mass is 16.4. The van der Waals surface area contributed by atoms with E-state index in [2.05, 4.69) is 34.6 Å². The van der Waals surface area contributed by atoms with Crippen LogP contribution < -0.4 is 0 Å². The van der Waals surface area contributed by atoms with Crippen molar-refractivity contribution in [3.63, 3.8) is 0 Å². The van der Waals surface area contributed by atoms with Crippen molar-refractivity contribution >= 4 is 11.9 Å². The normalized spacial score (nSPS) is 40.9. The average molecular weight is 435 g/mol. The van der Waals surface area contributed by atoms with Gasteiger partial charge in [0.15, 0.2) is 0 Å². The Bertz CT molecular complexity index is 658. The molecule has 0 saturated heterocycles. The molecule has 0 heterocycles. The van der Waals surface area contributed by atoms with Gasteiger partial charge in [0.2, 0.25) is 0 Å². The molecule has 0 spiro atoms. The van der Waals surface area contributed by atoms with E-state index in [9.17, 15) is 19.8 Å². The van der Waals surface area contributed by atoms with Crippen LogP contribution in [0.25, 0.3) is 0 Å². The van der Waals surface area contributed by atoms with Gasteiger partial charge in [-0.1, -0.05) is 53.9 Å². The summed E-state index contributed by atoms with van der Waals surface area (Å²) in [5.41, 5.74) is -0.0163. The van der Waals surface area contributed by atoms with E-state index in [0.717, 1.165) is 37.0 Å². The molecule has 8 unspecified atom stereocenters. The van der Waals surface area contributed by atoms with Crippen LogP contribution in [0.2, 0.25) is 0 Å². The number of fused-ring (bicyclic) bond motifs is 3. The lowest BCUT2D eigenvalue weighted by Crippen LogP contribution is -2.53. The Kier molecular flexibility index (Phi) is 7.48. The minimum atomic E-state index is -0.781. The van der Waals surface area contributed by atoms with Crippen molar-refractivity contribution in [1.82, 2.24) is 0 Å². The molecule has 0 aromatic rings. The highest BCUT2D eigenvalue weighted by molar-refractivity contribution is 5.69. The van der Waals surface area contributed by atoms with Gasteiger partial charge in [-0.3, -0.25) is 9.59 Å². The third kappa shape index (κ3) is 4.83. The second-order valence-electron chi connectivity index (χ2n) is 12.4. The zero-order chi connectivity index (χ0) is 23.0. The van der Waals surface area contributed by atoms with Gasteiger partial charge in [0.25, 0.3) is 0 Å². The molecule has 3 saturated carbocycles. The third-order valence-electron chi connectivity index (χ3n) is 10.2. The van der Waals surface area contributed by atoms with E-state index in [0.29, 0.717) is 23.2 Å². The summed E-state index contributed by atoms with van der Waals surface area (Å²) >= 11 is 0. The van der Waals surface area contributed by atoms with E-state index >= 15 is 0 Å². The molecule has 0 amide bonds. The van der Waals surface area contributed by atoms with Crippen molar-refractivity contribution in [2.75, 3.05) is 0 Å². The van der Waals surface area contributed by atoms with Crippen LogP contribution in [-0.4, -0.2) is 22.2 Å². The smallest absolute Gasteiger partial charge is 0.303 e. The maximum absolute atomic E-state index is 11.8. The summed E-state index contributed by atoms with van der Waals surface area (Å²) in [6.07, 6.45) is 11.0. The molecule has 3 rings (SSSR count). The van der Waals surface area contributed by atoms with Crippen molar-refractivity contribution in [2.24, 2.45) is 52.3 Å². The Morgan fingerprint density at radius 1 is 0.903 bits per heavy atom. The second-order valence-corrected chi connectivity index (χ2v) is 12.4. The van der Waals surface area contributed by atoms with Crippen LogP contribution >= 0.6 is 0 Å².